The quantitative estimate of drug-likeness (QED) is 0.435. The lowest BCUT2D eigenvalue weighted by Crippen LogP contribution is -2.41. The van der Waals surface area contributed by atoms with Crippen LogP contribution in [0.5, 0.6) is 0 Å². The van der Waals surface area contributed by atoms with Crippen LogP contribution in [0.15, 0.2) is 37.0 Å². The Morgan fingerprint density at radius 3 is 2.42 bits per heavy atom. The largest absolute Gasteiger partial charge is 0.464 e. The lowest BCUT2D eigenvalue weighted by atomic mass is 9.66. The van der Waals surface area contributed by atoms with Gasteiger partial charge in [-0.1, -0.05) is 52.2 Å². The van der Waals surface area contributed by atoms with Crippen molar-refractivity contribution in [3.63, 3.8) is 0 Å². The highest BCUT2D eigenvalue weighted by Gasteiger charge is 2.54. The molecule has 0 spiro atoms. The van der Waals surface area contributed by atoms with Crippen molar-refractivity contribution in [3.05, 3.63) is 37.0 Å². The zero-order valence-corrected chi connectivity index (χ0v) is 16.5. The lowest BCUT2D eigenvalue weighted by Gasteiger charge is -2.40. The molecule has 0 N–H and O–H groups in total. The first-order valence-electron chi connectivity index (χ1n) is 9.06. The Morgan fingerprint density at radius 2 is 1.85 bits per heavy atom. The van der Waals surface area contributed by atoms with Crippen LogP contribution < -0.4 is 0 Å². The average Bonchev–Trinajstić information content (AvgIpc) is 2.81. The van der Waals surface area contributed by atoms with Gasteiger partial charge in [-0.05, 0) is 36.2 Å². The summed E-state index contributed by atoms with van der Waals surface area (Å²) in [5.74, 6) is -0.789. The SMILES string of the molecule is C=C/C=C(\C=C)COC(=O)[C@H]1CC[C@@](C)(COCC(=O)OCC)C1(C)C. The van der Waals surface area contributed by atoms with Crippen LogP contribution in [0.25, 0.3) is 0 Å². The van der Waals surface area contributed by atoms with Gasteiger partial charge in [0.15, 0.2) is 0 Å². The molecule has 2 atom stereocenters. The first-order chi connectivity index (χ1) is 12.2. The number of carbonyl (C=O) groups excluding carboxylic acids is 2. The fourth-order valence-corrected chi connectivity index (χ4v) is 3.38. The van der Waals surface area contributed by atoms with E-state index in [1.165, 1.54) is 0 Å². The molecule has 0 aromatic rings. The third-order valence-corrected chi connectivity index (χ3v) is 5.62. The van der Waals surface area contributed by atoms with Crippen molar-refractivity contribution in [1.29, 1.82) is 0 Å². The molecule has 146 valence electrons. The van der Waals surface area contributed by atoms with Gasteiger partial charge in [0.1, 0.15) is 13.2 Å². The smallest absolute Gasteiger partial charge is 0.332 e. The normalized spacial score (nSPS) is 24.8. The molecular weight excluding hydrogens is 332 g/mol. The molecule has 1 fully saturated rings. The molecule has 1 aliphatic rings. The number of hydrogen-bond acceptors (Lipinski definition) is 5. The summed E-state index contributed by atoms with van der Waals surface area (Å²) in [5, 5.41) is 0. The fraction of sp³-hybridized carbons (Fsp3) is 0.619. The molecule has 1 saturated carbocycles. The molecule has 0 amide bonds. The van der Waals surface area contributed by atoms with E-state index in [9.17, 15) is 9.59 Å². The van der Waals surface area contributed by atoms with Crippen LogP contribution in [0.3, 0.4) is 0 Å². The van der Waals surface area contributed by atoms with Gasteiger partial charge in [0.2, 0.25) is 0 Å². The van der Waals surface area contributed by atoms with Crippen molar-refractivity contribution in [2.24, 2.45) is 16.7 Å². The zero-order valence-electron chi connectivity index (χ0n) is 16.5. The number of rotatable bonds is 10. The number of ether oxygens (including phenoxy) is 3. The van der Waals surface area contributed by atoms with E-state index < -0.39 is 0 Å². The number of esters is 2. The maximum atomic E-state index is 12.6. The summed E-state index contributed by atoms with van der Waals surface area (Å²) in [6.07, 6.45) is 6.64. The minimum atomic E-state index is -0.367. The van der Waals surface area contributed by atoms with Crippen LogP contribution in [0, 0.1) is 16.7 Å². The first kappa shape index (κ1) is 22.2. The van der Waals surface area contributed by atoms with E-state index in [1.54, 1.807) is 25.2 Å². The summed E-state index contributed by atoms with van der Waals surface area (Å²) in [5.41, 5.74) is 0.279. The summed E-state index contributed by atoms with van der Waals surface area (Å²) in [6.45, 7) is 16.2. The third kappa shape index (κ3) is 5.31. The number of carbonyl (C=O) groups is 2. The van der Waals surface area contributed by atoms with Gasteiger partial charge in [0.05, 0.1) is 19.1 Å². The Morgan fingerprint density at radius 1 is 1.15 bits per heavy atom. The van der Waals surface area contributed by atoms with Crippen LogP contribution in [0.1, 0.15) is 40.5 Å². The van der Waals surface area contributed by atoms with E-state index in [-0.39, 0.29) is 41.9 Å². The van der Waals surface area contributed by atoms with Gasteiger partial charge < -0.3 is 14.2 Å². The predicted molar refractivity (Wildman–Crippen MR) is 102 cm³/mol. The second-order valence-corrected chi connectivity index (χ2v) is 7.46. The molecule has 0 saturated heterocycles. The Hall–Kier alpha value is -1.88. The van der Waals surface area contributed by atoms with Gasteiger partial charge in [0.25, 0.3) is 0 Å². The number of allylic oxidation sites excluding steroid dienone is 2. The average molecular weight is 364 g/mol. The number of hydrogen-bond donors (Lipinski definition) is 0. The Bertz CT molecular complexity index is 561. The van der Waals surface area contributed by atoms with E-state index in [1.807, 2.05) is 0 Å². The standard InChI is InChI=1S/C21H32O5/c1-7-10-16(8-2)13-26-19(23)17-11-12-21(6,20(17,4)5)15-24-14-18(22)25-9-3/h7-8,10,17H,1-2,9,11-15H2,3-6H3/b16-10+/t17-,21+/m1/s1. The Labute approximate surface area is 157 Å². The maximum Gasteiger partial charge on any atom is 0.332 e. The van der Waals surface area contributed by atoms with Gasteiger partial charge in [0, 0.05) is 0 Å². The maximum absolute atomic E-state index is 12.6. The zero-order chi connectivity index (χ0) is 19.8. The van der Waals surface area contributed by atoms with Crippen molar-refractivity contribution in [2.45, 2.75) is 40.5 Å². The molecule has 0 aliphatic heterocycles. The summed E-state index contributed by atoms with van der Waals surface area (Å²) in [4.78, 5) is 24.1. The highest BCUT2D eigenvalue weighted by molar-refractivity contribution is 5.74. The topological polar surface area (TPSA) is 61.8 Å². The molecule has 1 rings (SSSR count). The monoisotopic (exact) mass is 364 g/mol. The van der Waals surface area contributed by atoms with Gasteiger partial charge in [-0.25, -0.2) is 4.79 Å². The van der Waals surface area contributed by atoms with Gasteiger partial charge in [-0.3, -0.25) is 4.79 Å². The summed E-state index contributed by atoms with van der Waals surface area (Å²) >= 11 is 0. The van der Waals surface area contributed by atoms with Crippen molar-refractivity contribution in [2.75, 3.05) is 26.4 Å². The van der Waals surface area contributed by atoms with E-state index in [4.69, 9.17) is 14.2 Å². The van der Waals surface area contributed by atoms with Crippen molar-refractivity contribution >= 4 is 11.9 Å². The van der Waals surface area contributed by atoms with Crippen molar-refractivity contribution < 1.29 is 23.8 Å². The van der Waals surface area contributed by atoms with Crippen LogP contribution in [0.4, 0.5) is 0 Å². The Kier molecular flexibility index (Phi) is 8.28. The summed E-state index contributed by atoms with van der Waals surface area (Å²) < 4.78 is 16.0. The van der Waals surface area contributed by atoms with Gasteiger partial charge in [-0.2, -0.15) is 0 Å². The molecule has 0 unspecified atom stereocenters. The highest BCUT2D eigenvalue weighted by Crippen LogP contribution is 2.56. The molecule has 1 aliphatic carbocycles. The van der Waals surface area contributed by atoms with E-state index in [2.05, 4.69) is 33.9 Å². The second kappa shape index (κ2) is 9.72. The van der Waals surface area contributed by atoms with E-state index >= 15 is 0 Å². The van der Waals surface area contributed by atoms with E-state index in [0.717, 1.165) is 18.4 Å². The minimum absolute atomic E-state index is 0.0658. The van der Waals surface area contributed by atoms with Gasteiger partial charge in [-0.15, -0.1) is 0 Å². The van der Waals surface area contributed by atoms with Crippen LogP contribution >= 0.6 is 0 Å². The molecule has 0 bridgehead atoms. The Balaban J connectivity index is 2.66. The minimum Gasteiger partial charge on any atom is -0.464 e. The fourth-order valence-electron chi connectivity index (χ4n) is 3.38. The van der Waals surface area contributed by atoms with Crippen molar-refractivity contribution in [1.82, 2.24) is 0 Å². The lowest BCUT2D eigenvalue weighted by molar-refractivity contribution is -0.156. The van der Waals surface area contributed by atoms with E-state index in [0.29, 0.717) is 13.2 Å². The summed E-state index contributed by atoms with van der Waals surface area (Å²) in [7, 11) is 0. The van der Waals surface area contributed by atoms with Gasteiger partial charge >= 0.3 is 11.9 Å². The molecule has 26 heavy (non-hydrogen) atoms. The molecular formula is C21H32O5. The molecule has 0 radical (unpaired) electrons. The van der Waals surface area contributed by atoms with Crippen LogP contribution in [-0.2, 0) is 23.8 Å². The first-order valence-corrected chi connectivity index (χ1v) is 9.06. The molecule has 0 aromatic heterocycles. The van der Waals surface area contributed by atoms with Crippen molar-refractivity contribution in [3.8, 4) is 0 Å². The van der Waals surface area contributed by atoms with Crippen LogP contribution in [-0.4, -0.2) is 38.4 Å². The second-order valence-electron chi connectivity index (χ2n) is 7.46. The molecule has 5 heteroatoms. The predicted octanol–water partition coefficient (Wildman–Crippen LogP) is 3.85. The molecule has 5 nitrogen and oxygen atoms in total. The summed E-state index contributed by atoms with van der Waals surface area (Å²) in [6, 6.07) is 0. The molecule has 0 aromatic carbocycles. The van der Waals surface area contributed by atoms with Crippen LogP contribution in [0.2, 0.25) is 0 Å². The highest BCUT2D eigenvalue weighted by atomic mass is 16.6. The molecule has 0 heterocycles. The third-order valence-electron chi connectivity index (χ3n) is 5.62.